The molecule has 0 aromatic heterocycles. The van der Waals surface area contributed by atoms with E-state index < -0.39 is 0 Å². The van der Waals surface area contributed by atoms with Gasteiger partial charge in [0, 0.05) is 5.75 Å². The van der Waals surface area contributed by atoms with Crippen LogP contribution < -0.4 is 0 Å². The fraction of sp³-hybridized carbons (Fsp3) is 0.400. The summed E-state index contributed by atoms with van der Waals surface area (Å²) < 4.78 is 5.42. The zero-order valence-electron chi connectivity index (χ0n) is 6.90. The van der Waals surface area contributed by atoms with Crippen molar-refractivity contribution in [3.63, 3.8) is 0 Å². The molecule has 0 spiro atoms. The molecule has 0 bridgehead atoms. The van der Waals surface area contributed by atoms with E-state index in [0.717, 1.165) is 19.0 Å². The van der Waals surface area contributed by atoms with Crippen molar-refractivity contribution in [3.8, 4) is 0 Å². The van der Waals surface area contributed by atoms with Gasteiger partial charge in [0.15, 0.2) is 0 Å². The molecule has 0 radical (unpaired) electrons. The van der Waals surface area contributed by atoms with Gasteiger partial charge < -0.3 is 4.74 Å². The molecule has 0 aliphatic carbocycles. The first-order valence-corrected chi connectivity index (χ1v) is 5.26. The Bertz CT molecular complexity index is 229. The third-order valence-corrected chi connectivity index (χ3v) is 3.20. The summed E-state index contributed by atoms with van der Waals surface area (Å²) in [6, 6.07) is 10.6. The topological polar surface area (TPSA) is 9.23 Å². The van der Waals surface area contributed by atoms with Crippen molar-refractivity contribution in [2.75, 3.05) is 19.0 Å². The van der Waals surface area contributed by atoms with Crippen LogP contribution in [0.4, 0.5) is 0 Å². The van der Waals surface area contributed by atoms with Crippen molar-refractivity contribution in [3.05, 3.63) is 35.9 Å². The Kier molecular flexibility index (Phi) is 2.69. The molecule has 0 amide bonds. The Balaban J connectivity index is 2.08. The lowest BCUT2D eigenvalue weighted by molar-refractivity contribution is 0.143. The van der Waals surface area contributed by atoms with Crippen molar-refractivity contribution in [2.24, 2.45) is 0 Å². The largest absolute Gasteiger partial charge is 0.379 e. The minimum Gasteiger partial charge on any atom is -0.379 e. The second-order valence-electron chi connectivity index (χ2n) is 2.85. The van der Waals surface area contributed by atoms with E-state index in [9.17, 15) is 0 Å². The molecule has 1 aromatic rings. The lowest BCUT2D eigenvalue weighted by atomic mass is 10.1. The molecule has 1 fully saturated rings. The summed E-state index contributed by atoms with van der Waals surface area (Å²) in [5.74, 6) is 1.12. The quantitative estimate of drug-likeness (QED) is 0.656. The Morgan fingerprint density at radius 3 is 2.75 bits per heavy atom. The molecule has 1 aliphatic heterocycles. The first-order valence-electron chi connectivity index (χ1n) is 4.21. The summed E-state index contributed by atoms with van der Waals surface area (Å²) in [5, 5.41) is 0.556. The van der Waals surface area contributed by atoms with Gasteiger partial charge in [0.25, 0.3) is 0 Å². The molecule has 2 rings (SSSR count). The lowest BCUT2D eigenvalue weighted by Crippen LogP contribution is -2.13. The van der Waals surface area contributed by atoms with E-state index in [0.29, 0.717) is 5.25 Å². The van der Waals surface area contributed by atoms with Crippen LogP contribution in [-0.2, 0) is 4.74 Å². The van der Waals surface area contributed by atoms with E-state index in [2.05, 4.69) is 30.3 Å². The molecule has 64 valence electrons. The number of thioether (sulfide) groups is 1. The summed E-state index contributed by atoms with van der Waals surface area (Å²) >= 11 is 1.99. The van der Waals surface area contributed by atoms with Crippen LogP contribution in [0.2, 0.25) is 0 Å². The average molecular weight is 180 g/mol. The number of rotatable bonds is 1. The van der Waals surface area contributed by atoms with Crippen LogP contribution in [0.5, 0.6) is 0 Å². The maximum absolute atomic E-state index is 5.42. The standard InChI is InChI=1S/C10H12OS/c1-2-4-9(5-3-1)10-8-11-6-7-12-10/h1-5,10H,6-8H2. The van der Waals surface area contributed by atoms with Gasteiger partial charge in [-0.3, -0.25) is 0 Å². The maximum atomic E-state index is 5.42. The summed E-state index contributed by atoms with van der Waals surface area (Å²) in [6.45, 7) is 1.78. The minimum absolute atomic E-state index is 0.556. The van der Waals surface area contributed by atoms with Crippen LogP contribution in [0.1, 0.15) is 10.8 Å². The molecule has 12 heavy (non-hydrogen) atoms. The Labute approximate surface area is 77.1 Å². The molecular formula is C10H12OS. The van der Waals surface area contributed by atoms with Gasteiger partial charge in [-0.1, -0.05) is 30.3 Å². The van der Waals surface area contributed by atoms with E-state index in [1.54, 1.807) is 0 Å². The molecule has 2 heteroatoms. The zero-order chi connectivity index (χ0) is 8.23. The first-order chi connectivity index (χ1) is 5.97. The predicted molar refractivity (Wildman–Crippen MR) is 52.5 cm³/mol. The van der Waals surface area contributed by atoms with Gasteiger partial charge in [-0.05, 0) is 5.56 Å². The molecule has 1 nitrogen and oxygen atoms in total. The normalized spacial score (nSPS) is 23.8. The van der Waals surface area contributed by atoms with Crippen molar-refractivity contribution in [1.29, 1.82) is 0 Å². The van der Waals surface area contributed by atoms with Crippen molar-refractivity contribution >= 4 is 11.8 Å². The fourth-order valence-electron chi connectivity index (χ4n) is 1.35. The number of hydrogen-bond acceptors (Lipinski definition) is 2. The van der Waals surface area contributed by atoms with E-state index >= 15 is 0 Å². The molecule has 1 aromatic carbocycles. The van der Waals surface area contributed by atoms with Crippen LogP contribution in [0, 0.1) is 0 Å². The molecule has 1 atom stereocenters. The SMILES string of the molecule is c1ccc(C2COCCS2)cc1. The second-order valence-corrected chi connectivity index (χ2v) is 4.16. The number of benzene rings is 1. The summed E-state index contributed by atoms with van der Waals surface area (Å²) in [6.07, 6.45) is 0. The maximum Gasteiger partial charge on any atom is 0.0626 e. The zero-order valence-corrected chi connectivity index (χ0v) is 7.72. The smallest absolute Gasteiger partial charge is 0.0626 e. The van der Waals surface area contributed by atoms with Crippen LogP contribution in [0.25, 0.3) is 0 Å². The average Bonchev–Trinajstić information content (AvgIpc) is 2.21. The summed E-state index contributed by atoms with van der Waals surface area (Å²) in [5.41, 5.74) is 1.39. The second kappa shape index (κ2) is 3.97. The highest BCUT2D eigenvalue weighted by Crippen LogP contribution is 2.31. The van der Waals surface area contributed by atoms with Crippen LogP contribution in [0.15, 0.2) is 30.3 Å². The minimum atomic E-state index is 0.556. The Morgan fingerprint density at radius 2 is 2.08 bits per heavy atom. The highest BCUT2D eigenvalue weighted by Gasteiger charge is 2.15. The van der Waals surface area contributed by atoms with E-state index in [1.165, 1.54) is 5.56 Å². The number of hydrogen-bond donors (Lipinski definition) is 0. The van der Waals surface area contributed by atoms with Crippen molar-refractivity contribution < 1.29 is 4.74 Å². The van der Waals surface area contributed by atoms with Gasteiger partial charge in [0.2, 0.25) is 0 Å². The van der Waals surface area contributed by atoms with Gasteiger partial charge in [0.1, 0.15) is 0 Å². The third-order valence-electron chi connectivity index (χ3n) is 1.99. The van der Waals surface area contributed by atoms with Gasteiger partial charge in [-0.15, -0.1) is 11.8 Å². The van der Waals surface area contributed by atoms with Gasteiger partial charge in [-0.25, -0.2) is 0 Å². The van der Waals surface area contributed by atoms with Crippen molar-refractivity contribution in [2.45, 2.75) is 5.25 Å². The van der Waals surface area contributed by atoms with Crippen molar-refractivity contribution in [1.82, 2.24) is 0 Å². The summed E-state index contributed by atoms with van der Waals surface area (Å²) in [4.78, 5) is 0. The van der Waals surface area contributed by atoms with Gasteiger partial charge in [-0.2, -0.15) is 0 Å². The Morgan fingerprint density at radius 1 is 1.25 bits per heavy atom. The Hall–Kier alpha value is -0.470. The lowest BCUT2D eigenvalue weighted by Gasteiger charge is -2.21. The van der Waals surface area contributed by atoms with Gasteiger partial charge in [0.05, 0.1) is 18.5 Å². The molecule has 1 aliphatic rings. The van der Waals surface area contributed by atoms with Crippen LogP contribution in [0.3, 0.4) is 0 Å². The molecule has 0 saturated carbocycles. The molecule has 1 unspecified atom stereocenters. The first kappa shape index (κ1) is 8.14. The van der Waals surface area contributed by atoms with E-state index in [1.807, 2.05) is 11.8 Å². The van der Waals surface area contributed by atoms with E-state index in [4.69, 9.17) is 4.74 Å². The summed E-state index contributed by atoms with van der Waals surface area (Å²) in [7, 11) is 0. The number of ether oxygens (including phenoxy) is 1. The van der Waals surface area contributed by atoms with Gasteiger partial charge >= 0.3 is 0 Å². The molecule has 1 saturated heterocycles. The van der Waals surface area contributed by atoms with Crippen LogP contribution in [-0.4, -0.2) is 19.0 Å². The molecule has 0 N–H and O–H groups in total. The van der Waals surface area contributed by atoms with Crippen LogP contribution >= 0.6 is 11.8 Å². The molecule has 1 heterocycles. The molecular weight excluding hydrogens is 168 g/mol. The monoisotopic (exact) mass is 180 g/mol. The highest BCUT2D eigenvalue weighted by atomic mass is 32.2. The van der Waals surface area contributed by atoms with E-state index in [-0.39, 0.29) is 0 Å². The predicted octanol–water partition coefficient (Wildman–Crippen LogP) is 2.49. The third kappa shape index (κ3) is 1.82. The highest BCUT2D eigenvalue weighted by molar-refractivity contribution is 7.99. The fourth-order valence-corrected chi connectivity index (χ4v) is 2.39.